The van der Waals surface area contributed by atoms with Crippen LogP contribution in [0.5, 0.6) is 0 Å². The lowest BCUT2D eigenvalue weighted by molar-refractivity contribution is 0.964. The molecule has 0 aliphatic heterocycles. The van der Waals surface area contributed by atoms with Crippen LogP contribution in [0.15, 0.2) is 24.3 Å². The Morgan fingerprint density at radius 3 is 1.70 bits per heavy atom. The standard InChI is InChI=1S/C16H18N4/c1-9-15-11(3)20(14-7-5-13(17)6-8-14)12(4)16(15)10(2)19-18-9/h5-8H,17H2,1-4H3. The maximum absolute atomic E-state index is 5.77. The second kappa shape index (κ2) is 4.34. The quantitative estimate of drug-likeness (QED) is 0.688. The fourth-order valence-corrected chi connectivity index (χ4v) is 2.98. The molecule has 0 radical (unpaired) electrons. The average molecular weight is 266 g/mol. The molecule has 2 heterocycles. The van der Waals surface area contributed by atoms with Crippen LogP contribution in [0.1, 0.15) is 22.8 Å². The number of aryl methyl sites for hydroxylation is 4. The maximum Gasteiger partial charge on any atom is 0.0696 e. The normalized spacial score (nSPS) is 11.2. The first-order valence-corrected chi connectivity index (χ1v) is 6.68. The molecular formula is C16H18N4. The topological polar surface area (TPSA) is 56.7 Å². The van der Waals surface area contributed by atoms with Gasteiger partial charge in [0.2, 0.25) is 0 Å². The van der Waals surface area contributed by atoms with Gasteiger partial charge in [0, 0.05) is 33.5 Å². The lowest BCUT2D eigenvalue weighted by Crippen LogP contribution is -1.99. The van der Waals surface area contributed by atoms with E-state index in [1.54, 1.807) is 0 Å². The van der Waals surface area contributed by atoms with Crippen LogP contribution in [0.4, 0.5) is 5.69 Å². The lowest BCUT2D eigenvalue weighted by Gasteiger charge is -2.09. The van der Waals surface area contributed by atoms with Gasteiger partial charge in [-0.05, 0) is 52.0 Å². The van der Waals surface area contributed by atoms with Crippen LogP contribution < -0.4 is 5.73 Å². The van der Waals surface area contributed by atoms with E-state index in [0.717, 1.165) is 22.8 Å². The third kappa shape index (κ3) is 1.68. The fourth-order valence-electron chi connectivity index (χ4n) is 2.98. The Balaban J connectivity index is 2.40. The molecule has 0 saturated heterocycles. The van der Waals surface area contributed by atoms with Gasteiger partial charge in [-0.15, -0.1) is 0 Å². The molecule has 102 valence electrons. The van der Waals surface area contributed by atoms with Crippen LogP contribution in [-0.2, 0) is 0 Å². The summed E-state index contributed by atoms with van der Waals surface area (Å²) < 4.78 is 2.24. The van der Waals surface area contributed by atoms with Crippen molar-refractivity contribution >= 4 is 16.5 Å². The summed E-state index contributed by atoms with van der Waals surface area (Å²) in [5, 5.41) is 10.9. The summed E-state index contributed by atoms with van der Waals surface area (Å²) in [7, 11) is 0. The summed E-state index contributed by atoms with van der Waals surface area (Å²) in [6.07, 6.45) is 0. The zero-order valence-electron chi connectivity index (χ0n) is 12.2. The van der Waals surface area contributed by atoms with Crippen molar-refractivity contribution in [1.29, 1.82) is 0 Å². The summed E-state index contributed by atoms with van der Waals surface area (Å²) in [6, 6.07) is 7.93. The van der Waals surface area contributed by atoms with Crippen LogP contribution >= 0.6 is 0 Å². The van der Waals surface area contributed by atoms with Gasteiger partial charge >= 0.3 is 0 Å². The third-order valence-corrected chi connectivity index (χ3v) is 3.87. The third-order valence-electron chi connectivity index (χ3n) is 3.87. The van der Waals surface area contributed by atoms with E-state index in [0.29, 0.717) is 0 Å². The molecule has 1 aromatic carbocycles. The molecular weight excluding hydrogens is 248 g/mol. The summed E-state index contributed by atoms with van der Waals surface area (Å²) in [5.41, 5.74) is 12.0. The number of hydrogen-bond donors (Lipinski definition) is 1. The van der Waals surface area contributed by atoms with Crippen molar-refractivity contribution in [3.63, 3.8) is 0 Å². The highest BCUT2D eigenvalue weighted by Gasteiger charge is 2.17. The monoisotopic (exact) mass is 266 g/mol. The van der Waals surface area contributed by atoms with Gasteiger partial charge in [0.1, 0.15) is 0 Å². The molecule has 2 N–H and O–H groups in total. The summed E-state index contributed by atoms with van der Waals surface area (Å²) in [6.45, 7) is 8.27. The molecule has 0 amide bonds. The predicted molar refractivity (Wildman–Crippen MR) is 82.2 cm³/mol. The number of nitrogens with two attached hydrogens (primary N) is 1. The van der Waals surface area contributed by atoms with Gasteiger partial charge in [-0.1, -0.05) is 0 Å². The van der Waals surface area contributed by atoms with E-state index in [9.17, 15) is 0 Å². The van der Waals surface area contributed by atoms with E-state index in [2.05, 4.69) is 28.6 Å². The van der Waals surface area contributed by atoms with E-state index in [1.807, 2.05) is 38.1 Å². The average Bonchev–Trinajstić information content (AvgIpc) is 2.69. The predicted octanol–water partition coefficient (Wildman–Crippen LogP) is 3.24. The highest BCUT2D eigenvalue weighted by atomic mass is 15.1. The van der Waals surface area contributed by atoms with Crippen LogP contribution in [0.2, 0.25) is 0 Å². The van der Waals surface area contributed by atoms with Gasteiger partial charge in [-0.2, -0.15) is 10.2 Å². The number of rotatable bonds is 1. The van der Waals surface area contributed by atoms with Crippen molar-refractivity contribution in [3.8, 4) is 5.69 Å². The van der Waals surface area contributed by atoms with Gasteiger partial charge in [0.25, 0.3) is 0 Å². The molecule has 3 aromatic rings. The van der Waals surface area contributed by atoms with Crippen molar-refractivity contribution in [2.45, 2.75) is 27.7 Å². The van der Waals surface area contributed by atoms with Gasteiger partial charge in [0.05, 0.1) is 11.4 Å². The zero-order valence-corrected chi connectivity index (χ0v) is 12.2. The smallest absolute Gasteiger partial charge is 0.0696 e. The molecule has 4 heteroatoms. The molecule has 0 aliphatic rings. The first kappa shape index (κ1) is 12.7. The van der Waals surface area contributed by atoms with Crippen LogP contribution in [0, 0.1) is 27.7 Å². The van der Waals surface area contributed by atoms with Crippen LogP contribution in [-0.4, -0.2) is 14.8 Å². The zero-order chi connectivity index (χ0) is 14.4. The summed E-state index contributed by atoms with van der Waals surface area (Å²) in [4.78, 5) is 0. The van der Waals surface area contributed by atoms with Crippen LogP contribution in [0.25, 0.3) is 16.5 Å². The highest BCUT2D eigenvalue weighted by molar-refractivity contribution is 5.92. The second-order valence-electron chi connectivity index (χ2n) is 5.22. The van der Waals surface area contributed by atoms with Gasteiger partial charge in [-0.3, -0.25) is 0 Å². The minimum Gasteiger partial charge on any atom is -0.399 e. The van der Waals surface area contributed by atoms with E-state index in [1.165, 1.54) is 22.2 Å². The van der Waals surface area contributed by atoms with Crippen molar-refractivity contribution < 1.29 is 0 Å². The number of fused-ring (bicyclic) bond motifs is 1. The van der Waals surface area contributed by atoms with Crippen molar-refractivity contribution in [2.24, 2.45) is 0 Å². The van der Waals surface area contributed by atoms with Crippen molar-refractivity contribution in [2.75, 3.05) is 5.73 Å². The molecule has 20 heavy (non-hydrogen) atoms. The van der Waals surface area contributed by atoms with E-state index in [4.69, 9.17) is 5.73 Å². The Morgan fingerprint density at radius 2 is 1.25 bits per heavy atom. The highest BCUT2D eigenvalue weighted by Crippen LogP contribution is 2.31. The number of nitrogens with zero attached hydrogens (tertiary/aromatic N) is 3. The molecule has 3 rings (SSSR count). The largest absolute Gasteiger partial charge is 0.399 e. The Bertz CT molecular complexity index is 753. The van der Waals surface area contributed by atoms with E-state index >= 15 is 0 Å². The summed E-state index contributed by atoms with van der Waals surface area (Å²) in [5.74, 6) is 0. The fraction of sp³-hybridized carbons (Fsp3) is 0.250. The molecule has 0 spiro atoms. The Hall–Kier alpha value is -2.36. The molecule has 2 aromatic heterocycles. The first-order valence-electron chi connectivity index (χ1n) is 6.68. The van der Waals surface area contributed by atoms with Crippen molar-refractivity contribution in [1.82, 2.24) is 14.8 Å². The van der Waals surface area contributed by atoms with Gasteiger partial charge in [-0.25, -0.2) is 0 Å². The number of aromatic nitrogens is 3. The number of hydrogen-bond acceptors (Lipinski definition) is 3. The SMILES string of the molecule is Cc1nnc(C)c2c(C)n(-c3ccc(N)cc3)c(C)c12. The van der Waals surface area contributed by atoms with Crippen molar-refractivity contribution in [3.05, 3.63) is 47.0 Å². The van der Waals surface area contributed by atoms with Crippen LogP contribution in [0.3, 0.4) is 0 Å². The number of benzene rings is 1. The molecule has 4 nitrogen and oxygen atoms in total. The van der Waals surface area contributed by atoms with Gasteiger partial charge < -0.3 is 10.3 Å². The first-order chi connectivity index (χ1) is 9.50. The summed E-state index contributed by atoms with van der Waals surface area (Å²) >= 11 is 0. The molecule has 0 fully saturated rings. The molecule has 0 atom stereocenters. The Kier molecular flexibility index (Phi) is 2.74. The van der Waals surface area contributed by atoms with E-state index < -0.39 is 0 Å². The Morgan fingerprint density at radius 1 is 0.800 bits per heavy atom. The Labute approximate surface area is 118 Å². The lowest BCUT2D eigenvalue weighted by atomic mass is 10.1. The molecule has 0 bridgehead atoms. The molecule has 0 saturated carbocycles. The number of anilines is 1. The van der Waals surface area contributed by atoms with E-state index in [-0.39, 0.29) is 0 Å². The molecule has 0 unspecified atom stereocenters. The second-order valence-corrected chi connectivity index (χ2v) is 5.22. The number of nitrogen functional groups attached to an aromatic ring is 1. The van der Waals surface area contributed by atoms with Gasteiger partial charge in [0.15, 0.2) is 0 Å². The molecule has 0 aliphatic carbocycles. The minimum atomic E-state index is 0.775. The maximum atomic E-state index is 5.77. The minimum absolute atomic E-state index is 0.775.